The molecular weight excluding hydrogens is 1430 g/mol. The number of hydrogen-bond donors (Lipinski definition) is 3. The Kier molecular flexibility index (Phi) is 23.0. The fourth-order valence-corrected chi connectivity index (χ4v) is 16.4. The van der Waals surface area contributed by atoms with Gasteiger partial charge in [-0.1, -0.05) is 104 Å². The topological polar surface area (TPSA) is 300 Å². The minimum atomic E-state index is -1.48. The molecule has 7 amide bonds. The van der Waals surface area contributed by atoms with Gasteiger partial charge in [0, 0.05) is 92.7 Å². The molecule has 26 nitrogen and oxygen atoms in total. The molecular formula is C86H96N10O16. The Morgan fingerprint density at radius 2 is 1.40 bits per heavy atom. The highest BCUT2D eigenvalue weighted by atomic mass is 16.6. The summed E-state index contributed by atoms with van der Waals surface area (Å²) in [6, 6.07) is 34.3. The number of aliphatic hydroxyl groups excluding tert-OH is 1. The summed E-state index contributed by atoms with van der Waals surface area (Å²) in [5.74, 6) is -0.946. The Balaban J connectivity index is 0.556. The van der Waals surface area contributed by atoms with Gasteiger partial charge in [-0.25, -0.2) is 14.4 Å². The Morgan fingerprint density at radius 1 is 0.705 bits per heavy atom. The van der Waals surface area contributed by atoms with Crippen molar-refractivity contribution in [3.05, 3.63) is 166 Å². The summed E-state index contributed by atoms with van der Waals surface area (Å²) in [5, 5.41) is 26.9. The van der Waals surface area contributed by atoms with Crippen LogP contribution in [0.25, 0.3) is 28.1 Å². The Labute approximate surface area is 650 Å². The number of carbonyl (C=O) groups excluding carboxylic acids is 9. The molecule has 6 atom stereocenters. The number of Topliss-reactive ketones (excluding diaryl/α,β-unsaturated/α-hetero) is 2. The smallest absolute Gasteiger partial charge is 0.416 e. The molecule has 1 spiro atoms. The van der Waals surface area contributed by atoms with Crippen molar-refractivity contribution in [3.8, 4) is 51.3 Å². The molecule has 112 heavy (non-hydrogen) atoms. The van der Waals surface area contributed by atoms with Crippen LogP contribution in [0.15, 0.2) is 128 Å². The van der Waals surface area contributed by atoms with Gasteiger partial charge < -0.3 is 63.8 Å². The monoisotopic (exact) mass is 1520 g/mol. The van der Waals surface area contributed by atoms with E-state index >= 15 is 0 Å². The number of carbonyl (C=O) groups is 9. The summed E-state index contributed by atoms with van der Waals surface area (Å²) in [7, 11) is 4.62. The molecule has 3 N–H and O–H groups in total. The van der Waals surface area contributed by atoms with Gasteiger partial charge in [0.05, 0.1) is 82.3 Å². The second kappa shape index (κ2) is 33.3. The molecule has 0 bridgehead atoms. The summed E-state index contributed by atoms with van der Waals surface area (Å²) in [6.45, 7) is 8.48. The van der Waals surface area contributed by atoms with Crippen molar-refractivity contribution in [1.29, 1.82) is 0 Å². The van der Waals surface area contributed by atoms with E-state index < -0.39 is 54.7 Å². The lowest BCUT2D eigenvalue weighted by Gasteiger charge is -2.31. The van der Waals surface area contributed by atoms with E-state index in [2.05, 4.69) is 20.9 Å². The third-order valence-electron chi connectivity index (χ3n) is 23.1. The number of para-hydroxylation sites is 1. The SMILES string of the molecule is CC[C@H](C)[C@H](NC(=O)[C@H]1CCCN1C(=O)CNC(=O)CCC(=O)CCC(=O)N1Cc2ccccc2-c2c(nnn2C(C)C)-c2ccccc21)C(=O)Cc1ccc(COC(=O)N2c3cc(OCCCOc4cc5c(cc4OC)C(=O)N4C=C(c6ccc(OC)cc6)C[C@H]4CC5)c(OC)cc3C(=O)N3CC4(CC4)C[C@H]3C2O)cc1. The van der Waals surface area contributed by atoms with Crippen LogP contribution in [0.1, 0.15) is 166 Å². The number of amides is 7. The van der Waals surface area contributed by atoms with E-state index in [0.717, 1.165) is 75.4 Å². The normalized spacial score (nSPS) is 18.9. The molecule has 1 aliphatic carbocycles. The van der Waals surface area contributed by atoms with E-state index in [0.29, 0.717) is 84.6 Å². The number of nitrogens with zero attached hydrogens (tertiary/aromatic N) is 8. The van der Waals surface area contributed by atoms with Crippen LogP contribution < -0.4 is 44.1 Å². The maximum Gasteiger partial charge on any atom is 0.416 e. The van der Waals surface area contributed by atoms with Crippen molar-refractivity contribution < 1.29 is 76.7 Å². The summed E-state index contributed by atoms with van der Waals surface area (Å²) >= 11 is 0. The van der Waals surface area contributed by atoms with E-state index in [9.17, 15) is 48.3 Å². The third kappa shape index (κ3) is 16.1. The molecule has 26 heteroatoms. The first-order valence-electron chi connectivity index (χ1n) is 38.9. The molecule has 2 saturated heterocycles. The average molecular weight is 1530 g/mol. The number of aliphatic hydroxyl groups is 1. The van der Waals surface area contributed by atoms with E-state index in [-0.39, 0.29) is 140 Å². The number of nitrogens with one attached hydrogen (secondary N) is 2. The fourth-order valence-electron chi connectivity index (χ4n) is 16.4. The summed E-state index contributed by atoms with van der Waals surface area (Å²) in [6.07, 6.45) is 5.21. The van der Waals surface area contributed by atoms with Crippen LogP contribution in [-0.4, -0.2) is 172 Å². The van der Waals surface area contributed by atoms with Crippen LogP contribution in [-0.2, 0) is 59.5 Å². The largest absolute Gasteiger partial charge is 0.497 e. The summed E-state index contributed by atoms with van der Waals surface area (Å²) < 4.78 is 37.4. The van der Waals surface area contributed by atoms with Gasteiger partial charge in [-0.05, 0) is 146 Å². The summed E-state index contributed by atoms with van der Waals surface area (Å²) in [5.41, 5.74) is 9.54. The van der Waals surface area contributed by atoms with Crippen molar-refractivity contribution >= 4 is 70.1 Å². The first-order valence-corrected chi connectivity index (χ1v) is 38.9. The van der Waals surface area contributed by atoms with Crippen molar-refractivity contribution in [3.63, 3.8) is 0 Å². The molecule has 3 fully saturated rings. The number of methoxy groups -OCH3 is 3. The van der Waals surface area contributed by atoms with Gasteiger partial charge >= 0.3 is 6.09 Å². The molecule has 7 aromatic rings. The van der Waals surface area contributed by atoms with Crippen LogP contribution >= 0.6 is 0 Å². The zero-order valence-electron chi connectivity index (χ0n) is 64.4. The predicted octanol–water partition coefficient (Wildman–Crippen LogP) is 11.2. The number of rotatable bonds is 28. The lowest BCUT2D eigenvalue weighted by Crippen LogP contribution is -2.54. The highest BCUT2D eigenvalue weighted by Crippen LogP contribution is 2.57. The van der Waals surface area contributed by atoms with Crippen LogP contribution in [0, 0.1) is 11.3 Å². The number of aryl methyl sites for hydroxylation is 1. The Bertz CT molecular complexity index is 4820. The fraction of sp³-hybridized carbons (Fsp3) is 0.430. The number of fused-ring (bicyclic) bond motifs is 9. The molecule has 6 aliphatic heterocycles. The molecule has 0 radical (unpaired) electrons. The second-order valence-corrected chi connectivity index (χ2v) is 30.6. The second-order valence-electron chi connectivity index (χ2n) is 30.6. The molecule has 14 rings (SSSR count). The van der Waals surface area contributed by atoms with E-state index in [4.69, 9.17) is 28.4 Å². The van der Waals surface area contributed by atoms with Gasteiger partial charge in [0.25, 0.3) is 11.8 Å². The van der Waals surface area contributed by atoms with Crippen LogP contribution in [0.4, 0.5) is 16.2 Å². The van der Waals surface area contributed by atoms with Crippen molar-refractivity contribution in [1.82, 2.24) is 40.3 Å². The molecule has 7 heterocycles. The van der Waals surface area contributed by atoms with Gasteiger partial charge in [-0.15, -0.1) is 5.10 Å². The van der Waals surface area contributed by atoms with Gasteiger partial charge in [-0.2, -0.15) is 0 Å². The number of hydrogen-bond acceptors (Lipinski definition) is 18. The Morgan fingerprint density at radius 3 is 2.12 bits per heavy atom. The number of anilines is 2. The number of ether oxygens (including phenoxy) is 6. The van der Waals surface area contributed by atoms with Gasteiger partial charge in [0.15, 0.2) is 35.0 Å². The van der Waals surface area contributed by atoms with Crippen LogP contribution in [0.3, 0.4) is 0 Å². The van der Waals surface area contributed by atoms with Crippen molar-refractivity contribution in [2.75, 3.05) is 64.0 Å². The first kappa shape index (κ1) is 77.3. The number of aromatic nitrogens is 3. The molecule has 7 aliphatic rings. The standard InChI is InChI=1S/C86H96N10O16/c1-8-52(4)78(88-81(102)67-19-13-36-91(67)77(101)46-87-75(99)32-28-60(97)29-33-76(100)93-47-57-15-9-10-16-62(57)80-79(89-90-96(80)51(2)3)63-17-11-12-18-66(63)93)70(98)39-53-20-22-54(23-21-53)49-112-85(106)95-68-44-74(72(109-7)43-65(68)83(104)94-50-86(34-35-86)45-69(94)84(95)105)111-38-14-37-110-73-41-56-24-27-59-40-58(55-25-30-61(107-5)31-26-55)48-92(59)82(103)64(56)42-71(73)108-6/h9-12,15-18,20-23,25-26,30-31,41-44,48,51-52,59,67,69,78,84,105H,8,13-14,19,24,27-29,32-40,45-47,49-50H2,1-7H3,(H,87,99)(H,88,102)/t52-,59+,67+,69-,78-,84?/m0/s1. The molecule has 586 valence electrons. The zero-order valence-corrected chi connectivity index (χ0v) is 64.4. The number of likely N-dealkylation sites (tertiary alicyclic amines) is 1. The Hall–Kier alpha value is -11.4. The lowest BCUT2D eigenvalue weighted by molar-refractivity contribution is -0.139. The molecule has 1 saturated carbocycles. The minimum Gasteiger partial charge on any atom is -0.497 e. The third-order valence-corrected chi connectivity index (χ3v) is 23.1. The van der Waals surface area contributed by atoms with Gasteiger partial charge in [0.1, 0.15) is 29.9 Å². The highest BCUT2D eigenvalue weighted by Gasteiger charge is 2.58. The molecule has 6 aromatic carbocycles. The van der Waals surface area contributed by atoms with E-state index in [1.165, 1.54) is 31.3 Å². The van der Waals surface area contributed by atoms with Crippen molar-refractivity contribution in [2.24, 2.45) is 11.3 Å². The maximum atomic E-state index is 14.6. The summed E-state index contributed by atoms with van der Waals surface area (Å²) in [4.78, 5) is 134. The number of benzene rings is 6. The molecule has 1 unspecified atom stereocenters. The van der Waals surface area contributed by atoms with Crippen LogP contribution in [0.5, 0.6) is 28.7 Å². The van der Waals surface area contributed by atoms with Crippen molar-refractivity contribution in [2.45, 2.75) is 174 Å². The number of ketones is 2. The zero-order chi connectivity index (χ0) is 78.6. The van der Waals surface area contributed by atoms with E-state index in [1.807, 2.05) is 122 Å². The van der Waals surface area contributed by atoms with Gasteiger partial charge in [-0.3, -0.25) is 38.4 Å². The quantitative estimate of drug-likeness (QED) is 0.0384. The van der Waals surface area contributed by atoms with E-state index in [1.54, 1.807) is 47.2 Å². The maximum absolute atomic E-state index is 14.6. The van der Waals surface area contributed by atoms with Gasteiger partial charge in [0.2, 0.25) is 23.6 Å². The highest BCUT2D eigenvalue weighted by molar-refractivity contribution is 6.07. The minimum absolute atomic E-state index is 0.00487. The lowest BCUT2D eigenvalue weighted by atomic mass is 9.91. The molecule has 1 aromatic heterocycles. The van der Waals surface area contributed by atoms with Crippen LogP contribution in [0.2, 0.25) is 0 Å². The first-order chi connectivity index (χ1) is 54.1. The predicted molar refractivity (Wildman–Crippen MR) is 415 cm³/mol. The average Bonchev–Trinajstić information content (AvgIpc) is 1.53.